The molecule has 8 heteroatoms. The maximum atomic E-state index is 13.7. The van der Waals surface area contributed by atoms with Crippen molar-refractivity contribution in [3.8, 4) is 11.6 Å². The Balaban J connectivity index is 2.02. The van der Waals surface area contributed by atoms with Crippen molar-refractivity contribution in [2.24, 2.45) is 0 Å². The van der Waals surface area contributed by atoms with Crippen molar-refractivity contribution in [2.75, 3.05) is 5.75 Å². The molecule has 1 heterocycles. The molecule has 1 N–H and O–H groups in total. The van der Waals surface area contributed by atoms with E-state index in [2.05, 4.69) is 4.98 Å². The number of aliphatic carboxylic acids is 1. The minimum absolute atomic E-state index is 0.0456. The van der Waals surface area contributed by atoms with Gasteiger partial charge in [-0.25, -0.2) is 17.8 Å². The second-order valence-corrected chi connectivity index (χ2v) is 8.15. The van der Waals surface area contributed by atoms with Crippen molar-refractivity contribution in [3.63, 3.8) is 0 Å². The third-order valence-corrected chi connectivity index (χ3v) is 5.68. The number of carboxylic acids is 1. The molecule has 0 atom stereocenters. The Morgan fingerprint density at radius 2 is 1.96 bits per heavy atom. The lowest BCUT2D eigenvalue weighted by Crippen LogP contribution is -2.04. The molecule has 0 radical (unpaired) electrons. The molecule has 0 spiro atoms. The van der Waals surface area contributed by atoms with Gasteiger partial charge in [-0.2, -0.15) is 0 Å². The Bertz CT molecular complexity index is 1110. The van der Waals surface area contributed by atoms with Gasteiger partial charge >= 0.3 is 5.97 Å². The van der Waals surface area contributed by atoms with Crippen LogP contribution in [0.2, 0.25) is 0 Å². The largest absolute Gasteiger partial charge is 0.481 e. The Kier molecular flexibility index (Phi) is 5.09. The number of benzene rings is 2. The van der Waals surface area contributed by atoms with Gasteiger partial charge in [-0.05, 0) is 35.2 Å². The van der Waals surface area contributed by atoms with Crippen LogP contribution in [0.1, 0.15) is 12.5 Å². The fourth-order valence-electron chi connectivity index (χ4n) is 2.61. The number of aromatic nitrogens is 1. The molecule has 0 saturated carbocycles. The second-order valence-electron chi connectivity index (χ2n) is 5.87. The first kappa shape index (κ1) is 18.8. The molecule has 0 bridgehead atoms. The molecule has 0 aliphatic carbocycles. The number of nitrogens with zero attached hydrogens (tertiary/aromatic N) is 1. The van der Waals surface area contributed by atoms with Crippen LogP contribution in [-0.2, 0) is 21.1 Å². The molecule has 0 saturated heterocycles. The summed E-state index contributed by atoms with van der Waals surface area (Å²) < 4.78 is 43.1. The van der Waals surface area contributed by atoms with Crippen LogP contribution >= 0.6 is 0 Å². The Labute approximate surface area is 155 Å². The van der Waals surface area contributed by atoms with Gasteiger partial charge in [0.15, 0.2) is 9.84 Å². The number of fused-ring (bicyclic) bond motifs is 1. The number of hydrogen-bond acceptors (Lipinski definition) is 5. The van der Waals surface area contributed by atoms with Crippen LogP contribution in [0.5, 0.6) is 11.6 Å². The van der Waals surface area contributed by atoms with Crippen molar-refractivity contribution < 1.29 is 27.4 Å². The summed E-state index contributed by atoms with van der Waals surface area (Å²) in [5, 5.41) is 10.1. The van der Waals surface area contributed by atoms with Crippen LogP contribution in [0.3, 0.4) is 0 Å². The van der Waals surface area contributed by atoms with Gasteiger partial charge in [0, 0.05) is 17.6 Å². The highest BCUT2D eigenvalue weighted by Gasteiger charge is 2.14. The van der Waals surface area contributed by atoms with E-state index in [1.807, 2.05) is 0 Å². The van der Waals surface area contributed by atoms with Crippen molar-refractivity contribution in [1.29, 1.82) is 0 Å². The fraction of sp³-hybridized carbons (Fsp3) is 0.158. The van der Waals surface area contributed by atoms with E-state index in [0.717, 1.165) is 0 Å². The topological polar surface area (TPSA) is 93.6 Å². The Morgan fingerprint density at radius 1 is 1.19 bits per heavy atom. The van der Waals surface area contributed by atoms with Gasteiger partial charge in [-0.1, -0.05) is 19.1 Å². The molecule has 0 unspecified atom stereocenters. The molecule has 140 valence electrons. The highest BCUT2D eigenvalue weighted by Crippen LogP contribution is 2.32. The average Bonchev–Trinajstić information content (AvgIpc) is 2.62. The third kappa shape index (κ3) is 4.22. The van der Waals surface area contributed by atoms with E-state index in [1.54, 1.807) is 6.07 Å². The number of ether oxygens (including phenoxy) is 1. The van der Waals surface area contributed by atoms with Crippen molar-refractivity contribution >= 4 is 26.6 Å². The van der Waals surface area contributed by atoms with Gasteiger partial charge in [-0.3, -0.25) is 4.79 Å². The van der Waals surface area contributed by atoms with Gasteiger partial charge < -0.3 is 9.84 Å². The van der Waals surface area contributed by atoms with Crippen LogP contribution in [0.4, 0.5) is 4.39 Å². The van der Waals surface area contributed by atoms with E-state index in [0.29, 0.717) is 16.3 Å². The lowest BCUT2D eigenvalue weighted by molar-refractivity contribution is -0.136. The molecule has 1 aromatic heterocycles. The van der Waals surface area contributed by atoms with Crippen LogP contribution in [0.25, 0.3) is 10.8 Å². The lowest BCUT2D eigenvalue weighted by Gasteiger charge is -2.11. The van der Waals surface area contributed by atoms with Gasteiger partial charge in [0.05, 0.1) is 17.1 Å². The Hall–Kier alpha value is -3.00. The maximum Gasteiger partial charge on any atom is 0.307 e. The summed E-state index contributed by atoms with van der Waals surface area (Å²) in [4.78, 5) is 15.1. The second kappa shape index (κ2) is 7.32. The predicted octanol–water partition coefficient (Wildman–Crippen LogP) is 3.59. The fourth-order valence-corrected chi connectivity index (χ4v) is 3.43. The zero-order chi connectivity index (χ0) is 19.6. The summed E-state index contributed by atoms with van der Waals surface area (Å²) in [6, 6.07) is 10.0. The van der Waals surface area contributed by atoms with E-state index < -0.39 is 21.6 Å². The average molecular weight is 389 g/mol. The standard InChI is InChI=1S/C19H16FNO5S/c1-2-27(24,25)15-5-6-18(21-11-15)26-17-8-12(9-19(22)23)7-13-3-4-14(20)10-16(13)17/h3-8,10-11H,2,9H2,1H3,(H,22,23). The van der Waals surface area contributed by atoms with Crippen LogP contribution in [0.15, 0.2) is 53.6 Å². The van der Waals surface area contributed by atoms with E-state index in [-0.39, 0.29) is 28.7 Å². The highest BCUT2D eigenvalue weighted by molar-refractivity contribution is 7.91. The normalized spacial score (nSPS) is 11.5. The molecule has 0 aliphatic heterocycles. The van der Waals surface area contributed by atoms with Gasteiger partial charge in [-0.15, -0.1) is 0 Å². The van der Waals surface area contributed by atoms with Crippen LogP contribution < -0.4 is 4.74 Å². The number of carbonyl (C=O) groups is 1. The van der Waals surface area contributed by atoms with E-state index >= 15 is 0 Å². The summed E-state index contributed by atoms with van der Waals surface area (Å²) in [5.41, 5.74) is 0.488. The third-order valence-electron chi connectivity index (χ3n) is 3.96. The molecule has 0 fully saturated rings. The van der Waals surface area contributed by atoms with Crippen LogP contribution in [-0.4, -0.2) is 30.2 Å². The zero-order valence-corrected chi connectivity index (χ0v) is 15.2. The predicted molar refractivity (Wildman–Crippen MR) is 97.3 cm³/mol. The monoisotopic (exact) mass is 389 g/mol. The van der Waals surface area contributed by atoms with Crippen molar-refractivity contribution in [1.82, 2.24) is 4.98 Å². The van der Waals surface area contributed by atoms with E-state index in [9.17, 15) is 17.6 Å². The first-order valence-corrected chi connectivity index (χ1v) is 9.74. The molecule has 27 heavy (non-hydrogen) atoms. The molecule has 0 amide bonds. The van der Waals surface area contributed by atoms with Gasteiger partial charge in [0.25, 0.3) is 0 Å². The molecular weight excluding hydrogens is 373 g/mol. The summed E-state index contributed by atoms with van der Waals surface area (Å²) in [6.07, 6.45) is 0.975. The number of rotatable bonds is 6. The molecule has 3 aromatic rings. The minimum Gasteiger partial charge on any atom is -0.481 e. The molecule has 3 rings (SSSR count). The lowest BCUT2D eigenvalue weighted by atomic mass is 10.0. The maximum absolute atomic E-state index is 13.7. The number of sulfone groups is 1. The van der Waals surface area contributed by atoms with Gasteiger partial charge in [0.1, 0.15) is 11.6 Å². The Morgan fingerprint density at radius 3 is 2.59 bits per heavy atom. The van der Waals surface area contributed by atoms with Crippen LogP contribution in [0, 0.1) is 5.82 Å². The van der Waals surface area contributed by atoms with Crippen molar-refractivity contribution in [2.45, 2.75) is 18.2 Å². The smallest absolute Gasteiger partial charge is 0.307 e. The summed E-state index contributed by atoms with van der Waals surface area (Å²) >= 11 is 0. The molecular formula is C19H16FNO5S. The molecule has 2 aromatic carbocycles. The van der Waals surface area contributed by atoms with Gasteiger partial charge in [0.2, 0.25) is 5.88 Å². The van der Waals surface area contributed by atoms with Crippen molar-refractivity contribution in [3.05, 3.63) is 60.0 Å². The molecule has 6 nitrogen and oxygen atoms in total. The molecule has 0 aliphatic rings. The number of carboxylic acid groups (broad SMARTS) is 1. The zero-order valence-electron chi connectivity index (χ0n) is 14.3. The minimum atomic E-state index is -3.38. The number of halogens is 1. The quantitative estimate of drug-likeness (QED) is 0.692. The summed E-state index contributed by atoms with van der Waals surface area (Å²) in [7, 11) is -3.38. The highest BCUT2D eigenvalue weighted by atomic mass is 32.2. The number of hydrogen-bond donors (Lipinski definition) is 1. The summed E-state index contributed by atoms with van der Waals surface area (Å²) in [5.74, 6) is -1.16. The number of pyridine rings is 1. The SMILES string of the molecule is CCS(=O)(=O)c1ccc(Oc2cc(CC(=O)O)cc3ccc(F)cc23)nc1. The first-order valence-electron chi connectivity index (χ1n) is 8.09. The summed E-state index contributed by atoms with van der Waals surface area (Å²) in [6.45, 7) is 1.54. The van der Waals surface area contributed by atoms with E-state index in [4.69, 9.17) is 9.84 Å². The van der Waals surface area contributed by atoms with E-state index in [1.165, 1.54) is 49.5 Å². The first-order chi connectivity index (χ1) is 12.8.